The summed E-state index contributed by atoms with van der Waals surface area (Å²) in [5.74, 6) is 1.16. The fourth-order valence-electron chi connectivity index (χ4n) is 2.49. The lowest BCUT2D eigenvalue weighted by atomic mass is 10.3. The van der Waals surface area contributed by atoms with Crippen LogP contribution in [0.5, 0.6) is 5.88 Å². The largest absolute Gasteiger partial charge is 0.481 e. The van der Waals surface area contributed by atoms with E-state index in [1.165, 1.54) is 0 Å². The summed E-state index contributed by atoms with van der Waals surface area (Å²) in [6, 6.07) is 3.82. The molecule has 1 saturated heterocycles. The number of hydrogen-bond acceptors (Lipinski definition) is 6. The molecule has 0 bridgehead atoms. The molecule has 0 radical (unpaired) electrons. The summed E-state index contributed by atoms with van der Waals surface area (Å²) in [4.78, 5) is 17.4. The first kappa shape index (κ1) is 15.5. The van der Waals surface area contributed by atoms with Crippen molar-refractivity contribution < 1.29 is 4.74 Å². The van der Waals surface area contributed by atoms with Gasteiger partial charge in [0.05, 0.1) is 13.7 Å². The molecule has 0 amide bonds. The number of nitrogens with two attached hydrogens (primary N) is 1. The minimum absolute atomic E-state index is 0.468. The smallest absolute Gasteiger partial charge is 0.218 e. The van der Waals surface area contributed by atoms with Crippen LogP contribution in [0.2, 0.25) is 0 Å². The van der Waals surface area contributed by atoms with Gasteiger partial charge in [0.2, 0.25) is 5.88 Å². The van der Waals surface area contributed by atoms with Crippen molar-refractivity contribution in [3.05, 3.63) is 35.5 Å². The number of rotatable bonds is 4. The average molecular weight is 332 g/mol. The second-order valence-corrected chi connectivity index (χ2v) is 6.01. The van der Waals surface area contributed by atoms with Crippen LogP contribution in [0.4, 0.5) is 5.13 Å². The molecule has 8 heteroatoms. The van der Waals surface area contributed by atoms with Crippen molar-refractivity contribution in [3.63, 3.8) is 0 Å². The van der Waals surface area contributed by atoms with Crippen molar-refractivity contribution in [2.24, 2.45) is 10.7 Å². The first-order valence-corrected chi connectivity index (χ1v) is 8.33. The van der Waals surface area contributed by atoms with Gasteiger partial charge in [-0.2, -0.15) is 0 Å². The highest BCUT2D eigenvalue weighted by Gasteiger charge is 2.19. The van der Waals surface area contributed by atoms with Crippen LogP contribution in [0.25, 0.3) is 0 Å². The fourth-order valence-corrected chi connectivity index (χ4v) is 3.19. The first-order valence-electron chi connectivity index (χ1n) is 7.45. The van der Waals surface area contributed by atoms with E-state index in [2.05, 4.69) is 24.8 Å². The monoisotopic (exact) mass is 332 g/mol. The van der Waals surface area contributed by atoms with E-state index in [0.717, 1.165) is 36.9 Å². The lowest BCUT2D eigenvalue weighted by Crippen LogP contribution is -2.51. The predicted molar refractivity (Wildman–Crippen MR) is 92.0 cm³/mol. The highest BCUT2D eigenvalue weighted by Crippen LogP contribution is 2.19. The fraction of sp³-hybridized carbons (Fsp3) is 0.400. The number of hydrogen-bond donors (Lipinski definition) is 1. The van der Waals surface area contributed by atoms with Crippen molar-refractivity contribution in [2.75, 3.05) is 38.2 Å². The summed E-state index contributed by atoms with van der Waals surface area (Å²) < 4.78 is 5.23. The van der Waals surface area contributed by atoms with Crippen LogP contribution in [0, 0.1) is 0 Å². The van der Waals surface area contributed by atoms with Crippen molar-refractivity contribution in [1.29, 1.82) is 0 Å². The van der Waals surface area contributed by atoms with Gasteiger partial charge in [-0.1, -0.05) is 6.07 Å². The number of anilines is 1. The molecule has 0 atom stereocenters. The van der Waals surface area contributed by atoms with Crippen LogP contribution >= 0.6 is 11.3 Å². The van der Waals surface area contributed by atoms with Crippen molar-refractivity contribution >= 4 is 22.4 Å². The maximum atomic E-state index is 6.14. The van der Waals surface area contributed by atoms with Gasteiger partial charge in [-0.25, -0.2) is 15.0 Å². The lowest BCUT2D eigenvalue weighted by molar-refractivity contribution is 0.379. The zero-order valence-corrected chi connectivity index (χ0v) is 13.9. The number of pyridine rings is 1. The Bertz CT molecular complexity index is 652. The quantitative estimate of drug-likeness (QED) is 0.669. The van der Waals surface area contributed by atoms with Gasteiger partial charge in [0.25, 0.3) is 0 Å². The van der Waals surface area contributed by atoms with Crippen LogP contribution in [0.1, 0.15) is 5.56 Å². The van der Waals surface area contributed by atoms with E-state index in [-0.39, 0.29) is 0 Å². The molecule has 2 aromatic heterocycles. The van der Waals surface area contributed by atoms with E-state index in [9.17, 15) is 0 Å². The van der Waals surface area contributed by atoms with Crippen molar-refractivity contribution in [1.82, 2.24) is 14.9 Å². The van der Waals surface area contributed by atoms with Gasteiger partial charge in [0.15, 0.2) is 11.1 Å². The van der Waals surface area contributed by atoms with Gasteiger partial charge in [-0.05, 0) is 6.07 Å². The van der Waals surface area contributed by atoms with Gasteiger partial charge in [0.1, 0.15) is 0 Å². The summed E-state index contributed by atoms with van der Waals surface area (Å²) in [5, 5.41) is 3.07. The zero-order chi connectivity index (χ0) is 16.1. The van der Waals surface area contributed by atoms with E-state index in [0.29, 0.717) is 18.4 Å². The Labute approximate surface area is 139 Å². The summed E-state index contributed by atoms with van der Waals surface area (Å²) in [6.45, 7) is 3.97. The molecule has 1 fully saturated rings. The SMILES string of the molecule is COc1ncccc1CN=C(N)N1CCN(c2nccs2)CC1. The Balaban J connectivity index is 1.57. The van der Waals surface area contributed by atoms with E-state index in [1.54, 1.807) is 24.6 Å². The van der Waals surface area contributed by atoms with Crippen LogP contribution in [0.15, 0.2) is 34.9 Å². The lowest BCUT2D eigenvalue weighted by Gasteiger charge is -2.35. The molecular weight excluding hydrogens is 312 g/mol. The van der Waals surface area contributed by atoms with Crippen molar-refractivity contribution in [2.45, 2.75) is 6.54 Å². The molecule has 0 spiro atoms. The molecule has 3 rings (SSSR count). The molecule has 2 aromatic rings. The summed E-state index contributed by atoms with van der Waals surface area (Å²) >= 11 is 1.66. The minimum Gasteiger partial charge on any atom is -0.481 e. The molecular formula is C15H20N6OS. The van der Waals surface area contributed by atoms with Crippen LogP contribution in [-0.4, -0.2) is 54.1 Å². The predicted octanol–water partition coefficient (Wildman–Crippen LogP) is 1.18. The maximum Gasteiger partial charge on any atom is 0.218 e. The zero-order valence-electron chi connectivity index (χ0n) is 13.1. The Kier molecular flexibility index (Phi) is 4.92. The molecule has 3 heterocycles. The van der Waals surface area contributed by atoms with Gasteiger partial charge < -0.3 is 20.3 Å². The summed E-state index contributed by atoms with van der Waals surface area (Å²) in [6.07, 6.45) is 3.54. The van der Waals surface area contributed by atoms with Crippen LogP contribution < -0.4 is 15.4 Å². The topological polar surface area (TPSA) is 79.9 Å². The van der Waals surface area contributed by atoms with Gasteiger partial charge in [-0.3, -0.25) is 0 Å². The van der Waals surface area contributed by atoms with Crippen molar-refractivity contribution in [3.8, 4) is 5.88 Å². The molecule has 7 nitrogen and oxygen atoms in total. The minimum atomic E-state index is 0.468. The Hall–Kier alpha value is -2.35. The molecule has 0 aliphatic carbocycles. The third-order valence-corrected chi connectivity index (χ3v) is 4.58. The number of piperazine rings is 1. The number of aliphatic imine (C=N–C) groups is 1. The second kappa shape index (κ2) is 7.28. The average Bonchev–Trinajstić information content (AvgIpc) is 3.14. The Morgan fingerprint density at radius 1 is 1.30 bits per heavy atom. The normalized spacial score (nSPS) is 15.8. The molecule has 23 heavy (non-hydrogen) atoms. The number of guanidine groups is 1. The van der Waals surface area contributed by atoms with Gasteiger partial charge in [0, 0.05) is 49.5 Å². The third kappa shape index (κ3) is 3.70. The van der Waals surface area contributed by atoms with Crippen LogP contribution in [0.3, 0.4) is 0 Å². The molecule has 0 aromatic carbocycles. The number of nitrogens with zero attached hydrogens (tertiary/aromatic N) is 5. The number of methoxy groups -OCH3 is 1. The second-order valence-electron chi connectivity index (χ2n) is 5.14. The molecule has 1 aliphatic heterocycles. The third-order valence-electron chi connectivity index (χ3n) is 3.75. The standard InChI is InChI=1S/C15H20N6OS/c1-22-13-12(3-2-4-17-13)11-19-14(16)20-6-8-21(9-7-20)15-18-5-10-23-15/h2-5,10H,6-9,11H2,1H3,(H2,16,19). The molecule has 2 N–H and O–H groups in total. The van der Waals surface area contributed by atoms with Gasteiger partial charge in [-0.15, -0.1) is 11.3 Å². The van der Waals surface area contributed by atoms with Crippen LogP contribution in [-0.2, 0) is 6.54 Å². The highest BCUT2D eigenvalue weighted by molar-refractivity contribution is 7.13. The molecule has 122 valence electrons. The molecule has 0 saturated carbocycles. The summed E-state index contributed by atoms with van der Waals surface area (Å²) in [7, 11) is 1.61. The van der Waals surface area contributed by atoms with E-state index < -0.39 is 0 Å². The summed E-state index contributed by atoms with van der Waals surface area (Å²) in [5.41, 5.74) is 7.07. The van der Waals surface area contributed by atoms with E-state index in [1.807, 2.05) is 23.7 Å². The molecule has 0 unspecified atom stereocenters. The Morgan fingerprint density at radius 3 is 2.83 bits per heavy atom. The van der Waals surface area contributed by atoms with Gasteiger partial charge >= 0.3 is 0 Å². The molecule has 1 aliphatic rings. The number of thiazole rings is 1. The van der Waals surface area contributed by atoms with E-state index >= 15 is 0 Å². The first-order chi connectivity index (χ1) is 11.3. The highest BCUT2D eigenvalue weighted by atomic mass is 32.1. The number of ether oxygens (including phenoxy) is 1. The maximum absolute atomic E-state index is 6.14. The number of aromatic nitrogens is 2. The van der Waals surface area contributed by atoms with E-state index in [4.69, 9.17) is 10.5 Å². The Morgan fingerprint density at radius 2 is 2.13 bits per heavy atom.